The standard InChI is InChI=1S/C35H37F2N7O3S/c1-5-27(45)44-13-10-25(26(44)17-46-4)43(3)33-22-7-6-21(20-8-9-24(36)31-28(20)23(15-38)32(39)48-31)29(37)30(22)40-34(41-33)47-16-19-14-35(11-12-35)18-42(19)2/h5-9,19,25-26H,1,10-14,16-18,39H2,2-4H3. The van der Waals surface area contributed by atoms with Gasteiger partial charge in [-0.2, -0.15) is 15.2 Å². The highest BCUT2D eigenvalue weighted by molar-refractivity contribution is 7.23. The molecule has 3 atom stereocenters. The number of anilines is 2. The van der Waals surface area contributed by atoms with Crippen LogP contribution in [-0.4, -0.2) is 91.3 Å². The fraction of sp³-hybridized carbons (Fsp3) is 0.429. The number of aromatic nitrogens is 2. The lowest BCUT2D eigenvalue weighted by molar-refractivity contribution is -0.127. The molecular formula is C35H37F2N7O3S. The molecule has 2 saturated heterocycles. The molecule has 2 aliphatic heterocycles. The van der Waals surface area contributed by atoms with E-state index in [1.54, 1.807) is 24.1 Å². The SMILES string of the molecule is C=CC(=O)N1CCC(N(C)c2nc(OCC3CC4(CC4)CN3C)nc3c(F)c(-c4ccc(F)c5sc(N)c(C#N)c45)ccc23)C1COC. The minimum absolute atomic E-state index is 0.0253. The van der Waals surface area contributed by atoms with E-state index in [0.29, 0.717) is 48.4 Å². The first-order valence-corrected chi connectivity index (χ1v) is 16.8. The van der Waals surface area contributed by atoms with Crippen LogP contribution >= 0.6 is 11.3 Å². The van der Waals surface area contributed by atoms with Gasteiger partial charge in [0, 0.05) is 49.6 Å². The maximum atomic E-state index is 16.9. The van der Waals surface area contributed by atoms with Crippen LogP contribution in [0.4, 0.5) is 19.6 Å². The van der Waals surface area contributed by atoms with Crippen LogP contribution in [0.15, 0.2) is 36.9 Å². The maximum absolute atomic E-state index is 16.9. The summed E-state index contributed by atoms with van der Waals surface area (Å²) in [6, 6.07) is 7.81. The summed E-state index contributed by atoms with van der Waals surface area (Å²) in [6.07, 6.45) is 5.40. The number of nitrogens with zero attached hydrogens (tertiary/aromatic N) is 6. The predicted molar refractivity (Wildman–Crippen MR) is 182 cm³/mol. The van der Waals surface area contributed by atoms with E-state index in [9.17, 15) is 14.4 Å². The van der Waals surface area contributed by atoms with E-state index in [1.807, 2.05) is 11.9 Å². The molecule has 1 amide bonds. The second-order valence-corrected chi connectivity index (χ2v) is 14.3. The van der Waals surface area contributed by atoms with Crippen LogP contribution < -0.4 is 15.4 Å². The first-order valence-electron chi connectivity index (χ1n) is 16.0. The Hall–Kier alpha value is -4.38. The molecule has 0 bridgehead atoms. The van der Waals surface area contributed by atoms with Gasteiger partial charge in [0.25, 0.3) is 0 Å². The Labute approximate surface area is 281 Å². The van der Waals surface area contributed by atoms with Gasteiger partial charge in [-0.15, -0.1) is 11.3 Å². The molecule has 250 valence electrons. The van der Waals surface area contributed by atoms with Crippen molar-refractivity contribution >= 4 is 49.1 Å². The monoisotopic (exact) mass is 673 g/mol. The summed E-state index contributed by atoms with van der Waals surface area (Å²) in [5, 5.41) is 10.7. The number of carbonyl (C=O) groups excluding carboxylic acids is 1. The van der Waals surface area contributed by atoms with Crippen LogP contribution in [-0.2, 0) is 9.53 Å². The largest absolute Gasteiger partial charge is 0.462 e. The maximum Gasteiger partial charge on any atom is 0.319 e. The summed E-state index contributed by atoms with van der Waals surface area (Å²) in [6.45, 7) is 5.83. The number of likely N-dealkylation sites (tertiary alicyclic amines) is 2. The number of likely N-dealkylation sites (N-methyl/N-ethyl adjacent to an activating group) is 2. The number of nitrogens with two attached hydrogens (primary N) is 1. The highest BCUT2D eigenvalue weighted by Crippen LogP contribution is 2.54. The van der Waals surface area contributed by atoms with Crippen LogP contribution in [0.1, 0.15) is 31.2 Å². The molecular weight excluding hydrogens is 636 g/mol. The van der Waals surface area contributed by atoms with Gasteiger partial charge < -0.3 is 25.0 Å². The van der Waals surface area contributed by atoms with E-state index in [-0.39, 0.29) is 61.8 Å². The van der Waals surface area contributed by atoms with E-state index in [1.165, 1.54) is 31.1 Å². The average Bonchev–Trinajstić information content (AvgIpc) is 3.38. The summed E-state index contributed by atoms with van der Waals surface area (Å²) >= 11 is 0.959. The lowest BCUT2D eigenvalue weighted by Crippen LogP contribution is -2.48. The number of methoxy groups -OCH3 is 1. The first-order chi connectivity index (χ1) is 23.1. The van der Waals surface area contributed by atoms with Crippen molar-refractivity contribution in [2.24, 2.45) is 5.41 Å². The minimum Gasteiger partial charge on any atom is -0.462 e. The predicted octanol–water partition coefficient (Wildman–Crippen LogP) is 5.34. The normalized spacial score (nSPS) is 21.7. The third-order valence-corrected chi connectivity index (χ3v) is 11.4. The molecule has 3 aliphatic rings. The summed E-state index contributed by atoms with van der Waals surface area (Å²) in [4.78, 5) is 28.2. The zero-order valence-corrected chi connectivity index (χ0v) is 27.9. The highest BCUT2D eigenvalue weighted by Gasteiger charge is 2.51. The highest BCUT2D eigenvalue weighted by atomic mass is 32.1. The fourth-order valence-electron chi connectivity index (χ4n) is 7.68. The molecule has 1 spiro atoms. The molecule has 48 heavy (non-hydrogen) atoms. The van der Waals surface area contributed by atoms with Crippen LogP contribution in [0.3, 0.4) is 0 Å². The molecule has 13 heteroatoms. The molecule has 1 saturated carbocycles. The van der Waals surface area contributed by atoms with Crippen LogP contribution in [0.5, 0.6) is 6.01 Å². The first kappa shape index (κ1) is 32.2. The zero-order valence-electron chi connectivity index (χ0n) is 27.1. The molecule has 4 aromatic rings. The summed E-state index contributed by atoms with van der Waals surface area (Å²) < 4.78 is 43.7. The van der Waals surface area contributed by atoms with Gasteiger partial charge in [-0.1, -0.05) is 18.7 Å². The van der Waals surface area contributed by atoms with Crippen molar-refractivity contribution in [3.63, 3.8) is 0 Å². The molecule has 3 unspecified atom stereocenters. The third kappa shape index (κ3) is 5.32. The molecule has 3 fully saturated rings. The number of halogens is 2. The van der Waals surface area contributed by atoms with Crippen LogP contribution in [0.2, 0.25) is 0 Å². The van der Waals surface area contributed by atoms with E-state index in [0.717, 1.165) is 24.3 Å². The van der Waals surface area contributed by atoms with E-state index in [4.69, 9.17) is 20.2 Å². The number of fused-ring (bicyclic) bond motifs is 2. The topological polar surface area (TPSA) is 121 Å². The number of amides is 1. The minimum atomic E-state index is -0.658. The average molecular weight is 674 g/mol. The number of hydrogen-bond donors (Lipinski definition) is 1. The molecule has 0 radical (unpaired) electrons. The summed E-state index contributed by atoms with van der Waals surface area (Å²) in [5.74, 6) is -0.939. The Kier molecular flexibility index (Phi) is 8.22. The lowest BCUT2D eigenvalue weighted by Gasteiger charge is -2.33. The van der Waals surface area contributed by atoms with Gasteiger partial charge in [0.15, 0.2) is 5.82 Å². The van der Waals surface area contributed by atoms with Gasteiger partial charge in [0.2, 0.25) is 5.91 Å². The van der Waals surface area contributed by atoms with Crippen molar-refractivity contribution in [1.82, 2.24) is 19.8 Å². The van der Waals surface area contributed by atoms with Gasteiger partial charge >= 0.3 is 6.01 Å². The van der Waals surface area contributed by atoms with E-state index < -0.39 is 11.6 Å². The summed E-state index contributed by atoms with van der Waals surface area (Å²) in [5.41, 5.74) is 7.07. The van der Waals surface area contributed by atoms with E-state index >= 15 is 4.39 Å². The van der Waals surface area contributed by atoms with Gasteiger partial charge in [0.1, 0.15) is 34.8 Å². The Morgan fingerprint density at radius 3 is 2.71 bits per heavy atom. The lowest BCUT2D eigenvalue weighted by atomic mass is 9.97. The number of rotatable bonds is 9. The second-order valence-electron chi connectivity index (χ2n) is 13.2. The number of ether oxygens (including phenoxy) is 2. The van der Waals surface area contributed by atoms with E-state index in [2.05, 4.69) is 29.6 Å². The summed E-state index contributed by atoms with van der Waals surface area (Å²) in [7, 11) is 5.55. The van der Waals surface area contributed by atoms with Crippen LogP contribution in [0.25, 0.3) is 32.1 Å². The molecule has 2 aromatic heterocycles. The smallest absolute Gasteiger partial charge is 0.319 e. The number of carbonyl (C=O) groups is 1. The van der Waals surface area contributed by atoms with Gasteiger partial charge in [-0.25, -0.2) is 8.78 Å². The molecule has 7 rings (SSSR count). The van der Waals surface area contributed by atoms with Gasteiger partial charge in [0.05, 0.1) is 29.0 Å². The van der Waals surface area contributed by atoms with Crippen molar-refractivity contribution < 1.29 is 23.0 Å². The van der Waals surface area contributed by atoms with Crippen molar-refractivity contribution in [3.05, 3.63) is 54.1 Å². The van der Waals surface area contributed by atoms with Gasteiger partial charge in [-0.05, 0) is 61.9 Å². The molecule has 2 N–H and O–H groups in total. The molecule has 2 aromatic carbocycles. The van der Waals surface area contributed by atoms with Crippen molar-refractivity contribution in [2.75, 3.05) is 58.1 Å². The third-order valence-electron chi connectivity index (χ3n) is 10.4. The quantitative estimate of drug-likeness (QED) is 0.235. The molecule has 10 nitrogen and oxygen atoms in total. The van der Waals surface area contributed by atoms with Gasteiger partial charge in [-0.3, -0.25) is 9.69 Å². The molecule has 4 heterocycles. The Balaban J connectivity index is 1.34. The van der Waals surface area contributed by atoms with Crippen molar-refractivity contribution in [2.45, 2.75) is 43.8 Å². The number of hydrogen-bond acceptors (Lipinski definition) is 10. The Bertz CT molecular complexity index is 1990. The van der Waals surface area contributed by atoms with Crippen LogP contribution in [0, 0.1) is 28.4 Å². The van der Waals surface area contributed by atoms with Crippen molar-refractivity contribution in [1.29, 1.82) is 5.26 Å². The number of nitrogen functional groups attached to an aromatic ring is 1. The number of thiophene rings is 1. The Morgan fingerprint density at radius 1 is 1.25 bits per heavy atom. The van der Waals surface area contributed by atoms with Crippen molar-refractivity contribution in [3.8, 4) is 23.2 Å². The number of nitriles is 1. The number of benzene rings is 2. The fourth-order valence-corrected chi connectivity index (χ4v) is 8.62. The Morgan fingerprint density at radius 2 is 2.02 bits per heavy atom. The molecule has 1 aliphatic carbocycles. The second kappa shape index (κ2) is 12.3. The zero-order chi connectivity index (χ0) is 33.9.